The maximum atomic E-state index is 3.65. The molecule has 0 spiro atoms. The van der Waals surface area contributed by atoms with Crippen molar-refractivity contribution in [2.24, 2.45) is 17.8 Å². The van der Waals surface area contributed by atoms with Crippen LogP contribution in [-0.2, 0) is 0 Å². The Kier molecular flexibility index (Phi) is 7.14. The van der Waals surface area contributed by atoms with Crippen LogP contribution in [0.15, 0.2) is 11.3 Å². The van der Waals surface area contributed by atoms with Crippen molar-refractivity contribution in [1.29, 1.82) is 0 Å². The van der Waals surface area contributed by atoms with Crippen LogP contribution in [0.25, 0.3) is 0 Å². The Balaban J connectivity index is 2.74. The summed E-state index contributed by atoms with van der Waals surface area (Å²) < 4.78 is 2.14. The van der Waals surface area contributed by atoms with Gasteiger partial charge in [-0.3, -0.25) is 0 Å². The van der Waals surface area contributed by atoms with E-state index in [4.69, 9.17) is 0 Å². The first-order valence-electron chi connectivity index (χ1n) is 6.53. The van der Waals surface area contributed by atoms with Gasteiger partial charge in [0.25, 0.3) is 0 Å². The van der Waals surface area contributed by atoms with Crippen molar-refractivity contribution in [3.8, 4) is 0 Å². The van der Waals surface area contributed by atoms with E-state index in [1.165, 1.54) is 10.8 Å². The zero-order chi connectivity index (χ0) is 13.0. The third-order valence-electron chi connectivity index (χ3n) is 3.79. The molecule has 0 fully saturated rings. The molecule has 17 heavy (non-hydrogen) atoms. The number of nitrogens with one attached hydrogen (secondary N) is 1. The van der Waals surface area contributed by atoms with Gasteiger partial charge in [0.1, 0.15) is 0 Å². The van der Waals surface area contributed by atoms with Crippen LogP contribution in [0.4, 0.5) is 0 Å². The third-order valence-corrected chi connectivity index (χ3v) is 7.81. The Hall–Kier alpha value is 1.00. The van der Waals surface area contributed by atoms with Gasteiger partial charge >= 0.3 is 132 Å². The first kappa shape index (κ1) is 16.1. The second-order valence-corrected chi connectivity index (χ2v) is 9.18. The van der Waals surface area contributed by atoms with Crippen LogP contribution in [0.2, 0.25) is 0 Å². The van der Waals surface area contributed by atoms with Gasteiger partial charge in [-0.2, -0.15) is 0 Å². The Bertz CT molecular complexity index is 273. The molecule has 3 unspecified atom stereocenters. The fourth-order valence-electron chi connectivity index (χ4n) is 2.39. The van der Waals surface area contributed by atoms with Crippen molar-refractivity contribution >= 4 is 22.6 Å². The molecule has 0 amide bonds. The summed E-state index contributed by atoms with van der Waals surface area (Å²) in [5.74, 6) is 2.38. The average Bonchev–Trinajstić information content (AvgIpc) is 2.76. The first-order valence-corrected chi connectivity index (χ1v) is 11.5. The number of hydrogen-bond donors (Lipinski definition) is 1. The van der Waals surface area contributed by atoms with Crippen LogP contribution in [0, 0.1) is 17.8 Å². The second-order valence-electron chi connectivity index (χ2n) is 5.43. The van der Waals surface area contributed by atoms with Crippen molar-refractivity contribution in [1.82, 2.24) is 5.32 Å². The number of rotatable bonds is 6. The zero-order valence-corrected chi connectivity index (χ0v) is 16.0. The fraction of sp³-hybridized carbons (Fsp3) is 0.857. The molecule has 0 saturated carbocycles. The molecule has 0 aromatic carbocycles. The van der Waals surface area contributed by atoms with Crippen LogP contribution >= 0.6 is 22.6 Å². The predicted molar refractivity (Wildman–Crippen MR) is 81.4 cm³/mol. The molecule has 1 rings (SSSR count). The number of halogens is 2. The van der Waals surface area contributed by atoms with Gasteiger partial charge in [-0.15, -0.1) is 0 Å². The van der Waals surface area contributed by atoms with E-state index in [0.29, 0.717) is 31.0 Å². The van der Waals surface area contributed by atoms with Crippen LogP contribution in [0.3, 0.4) is 0 Å². The minimum atomic E-state index is 0.431. The van der Waals surface area contributed by atoms with E-state index in [1.807, 2.05) is 0 Å². The Labute approximate surface area is 131 Å². The summed E-state index contributed by atoms with van der Waals surface area (Å²) in [6, 6.07) is 0. The van der Waals surface area contributed by atoms with Crippen molar-refractivity contribution in [3.05, 3.63) is 11.3 Å². The molecular weight excluding hydrogens is 436 g/mol. The molecule has 1 nitrogen and oxygen atoms in total. The number of alkyl halides is 3. The normalized spacial score (nSPS) is 21.8. The molecule has 3 heteroatoms. The van der Waals surface area contributed by atoms with Gasteiger partial charge < -0.3 is 0 Å². The summed E-state index contributed by atoms with van der Waals surface area (Å²) in [7, 11) is 0. The van der Waals surface area contributed by atoms with E-state index in [1.54, 1.807) is 11.3 Å². The van der Waals surface area contributed by atoms with Gasteiger partial charge in [0.15, 0.2) is 0 Å². The van der Waals surface area contributed by atoms with Crippen molar-refractivity contribution in [2.45, 2.75) is 38.0 Å². The predicted octanol–water partition coefficient (Wildman–Crippen LogP) is 0.684. The van der Waals surface area contributed by atoms with E-state index in [2.05, 4.69) is 60.5 Å². The molecule has 0 aromatic heterocycles. The van der Waals surface area contributed by atoms with Gasteiger partial charge in [0.2, 0.25) is 0 Å². The third kappa shape index (κ3) is 4.25. The fourth-order valence-corrected chi connectivity index (χ4v) is 5.91. The Morgan fingerprint density at radius 2 is 1.94 bits per heavy atom. The number of hydrogen-bond acceptors (Lipinski definition) is 1. The van der Waals surface area contributed by atoms with Gasteiger partial charge in [0, 0.05) is 0 Å². The summed E-state index contributed by atoms with van der Waals surface area (Å²) in [5, 5.41) is 3.65. The van der Waals surface area contributed by atoms with Crippen molar-refractivity contribution in [2.75, 3.05) is 15.9 Å². The molecule has 1 heterocycles. The molecule has 0 aliphatic carbocycles. The van der Waals surface area contributed by atoms with E-state index in [0.717, 1.165) is 18.4 Å². The Morgan fingerprint density at radius 3 is 2.47 bits per heavy atom. The molecule has 1 aliphatic heterocycles. The summed E-state index contributed by atoms with van der Waals surface area (Å²) >= 11 is 3.10. The molecule has 0 radical (unpaired) electrons. The SMILES string of the molecule is C[I-]CC(C)C(C)C(I)C1=C(C(C)C)CCN1. The van der Waals surface area contributed by atoms with Gasteiger partial charge in [-0.1, -0.05) is 0 Å². The van der Waals surface area contributed by atoms with E-state index in [-0.39, 0.29) is 0 Å². The maximum absolute atomic E-state index is 3.65. The molecule has 0 aromatic rings. The van der Waals surface area contributed by atoms with Crippen molar-refractivity contribution < 1.29 is 21.2 Å². The molecule has 3 atom stereocenters. The van der Waals surface area contributed by atoms with Gasteiger partial charge in [-0.25, -0.2) is 0 Å². The molecule has 102 valence electrons. The quantitative estimate of drug-likeness (QED) is 0.453. The number of allylic oxidation sites excluding steroid dienone is 1. The minimum absolute atomic E-state index is 0.431. The molecule has 1 aliphatic rings. The average molecular weight is 462 g/mol. The zero-order valence-electron chi connectivity index (χ0n) is 11.7. The van der Waals surface area contributed by atoms with E-state index >= 15 is 0 Å². The van der Waals surface area contributed by atoms with Crippen LogP contribution in [0.1, 0.15) is 34.1 Å². The topological polar surface area (TPSA) is 12.0 Å². The van der Waals surface area contributed by atoms with Crippen LogP contribution in [0.5, 0.6) is 0 Å². The van der Waals surface area contributed by atoms with Crippen molar-refractivity contribution in [3.63, 3.8) is 0 Å². The second kappa shape index (κ2) is 7.56. The summed E-state index contributed by atoms with van der Waals surface area (Å²) in [4.78, 5) is 2.40. The summed E-state index contributed by atoms with van der Waals surface area (Å²) in [5.41, 5.74) is 3.24. The van der Waals surface area contributed by atoms with E-state index < -0.39 is 0 Å². The summed E-state index contributed by atoms with van der Waals surface area (Å²) in [6.07, 6.45) is 1.26. The monoisotopic (exact) mass is 462 g/mol. The first-order chi connectivity index (χ1) is 7.99. The summed E-state index contributed by atoms with van der Waals surface area (Å²) in [6.45, 7) is 10.7. The van der Waals surface area contributed by atoms with E-state index in [9.17, 15) is 0 Å². The van der Waals surface area contributed by atoms with Gasteiger partial charge in [-0.05, 0) is 0 Å². The molecule has 0 bridgehead atoms. The van der Waals surface area contributed by atoms with Gasteiger partial charge in [0.05, 0.1) is 0 Å². The molecular formula is C14H26I2N-. The van der Waals surface area contributed by atoms with Crippen LogP contribution in [-0.4, -0.2) is 19.8 Å². The standard InChI is InChI=1S/C14H26I2N/c1-9(2)12-6-7-17-14(12)13(15)11(4)10(3)8-16-5/h9-11,13,17H,6-8H2,1-5H3/q-1. The molecule has 0 saturated heterocycles. The Morgan fingerprint density at radius 1 is 1.29 bits per heavy atom. The van der Waals surface area contributed by atoms with Crippen LogP contribution < -0.4 is 26.5 Å². The molecule has 1 N–H and O–H groups in total.